The molecule has 1 saturated carbocycles. The molecule has 1 aliphatic heterocycles. The van der Waals surface area contributed by atoms with Crippen molar-refractivity contribution in [1.82, 2.24) is 0 Å². The smallest absolute Gasteiger partial charge is 0.0920 e. The van der Waals surface area contributed by atoms with Crippen LogP contribution in [0.15, 0.2) is 0 Å². The molecule has 4 unspecified atom stereocenters. The van der Waals surface area contributed by atoms with Gasteiger partial charge in [0.2, 0.25) is 0 Å². The number of rotatable bonds is 6. The summed E-state index contributed by atoms with van der Waals surface area (Å²) in [6.45, 7) is 8.61. The van der Waals surface area contributed by atoms with Crippen molar-refractivity contribution in [3.8, 4) is 0 Å². The van der Waals surface area contributed by atoms with Gasteiger partial charge in [0.25, 0.3) is 0 Å². The Morgan fingerprint density at radius 2 is 2.25 bits per heavy atom. The first-order valence-electron chi connectivity index (χ1n) is 6.95. The van der Waals surface area contributed by atoms with Gasteiger partial charge < -0.3 is 9.47 Å². The standard InChI is InChI=1S/C14H26O2/c1-4-8-15-10-11(5-2)12-6-7-14(3)13(9-12)16-14/h11-13H,4-10H2,1-3H3. The summed E-state index contributed by atoms with van der Waals surface area (Å²) >= 11 is 0. The van der Waals surface area contributed by atoms with Crippen molar-refractivity contribution in [3.05, 3.63) is 0 Å². The van der Waals surface area contributed by atoms with Crippen molar-refractivity contribution in [2.24, 2.45) is 11.8 Å². The van der Waals surface area contributed by atoms with Crippen LogP contribution in [0, 0.1) is 11.8 Å². The molecule has 1 aliphatic carbocycles. The van der Waals surface area contributed by atoms with Gasteiger partial charge in [0.05, 0.1) is 11.7 Å². The predicted molar refractivity (Wildman–Crippen MR) is 65.5 cm³/mol. The summed E-state index contributed by atoms with van der Waals surface area (Å²) in [5, 5.41) is 0. The molecule has 0 aromatic rings. The van der Waals surface area contributed by atoms with Crippen LogP contribution in [-0.4, -0.2) is 24.9 Å². The second-order valence-electron chi connectivity index (χ2n) is 5.70. The quantitative estimate of drug-likeness (QED) is 0.511. The monoisotopic (exact) mass is 226 g/mol. The molecule has 2 heteroatoms. The van der Waals surface area contributed by atoms with Gasteiger partial charge in [-0.1, -0.05) is 20.3 Å². The number of hydrogen-bond donors (Lipinski definition) is 0. The van der Waals surface area contributed by atoms with Crippen LogP contribution in [0.3, 0.4) is 0 Å². The first kappa shape index (κ1) is 12.4. The van der Waals surface area contributed by atoms with Gasteiger partial charge in [-0.3, -0.25) is 0 Å². The fourth-order valence-corrected chi connectivity index (χ4v) is 3.07. The summed E-state index contributed by atoms with van der Waals surface area (Å²) < 4.78 is 11.5. The van der Waals surface area contributed by atoms with Crippen molar-refractivity contribution in [2.45, 2.75) is 64.6 Å². The normalized spacial score (nSPS) is 39.2. The molecule has 0 spiro atoms. The molecule has 0 aromatic heterocycles. The average Bonchev–Trinajstić information content (AvgIpc) is 2.95. The molecule has 1 saturated heterocycles. The van der Waals surface area contributed by atoms with Crippen LogP contribution in [0.5, 0.6) is 0 Å². The van der Waals surface area contributed by atoms with Gasteiger partial charge in [-0.15, -0.1) is 0 Å². The van der Waals surface area contributed by atoms with Crippen molar-refractivity contribution >= 4 is 0 Å². The maximum absolute atomic E-state index is 5.78. The third kappa shape index (κ3) is 2.60. The summed E-state index contributed by atoms with van der Waals surface area (Å²) in [5.74, 6) is 1.59. The van der Waals surface area contributed by atoms with Crippen molar-refractivity contribution in [3.63, 3.8) is 0 Å². The van der Waals surface area contributed by atoms with E-state index in [1.807, 2.05) is 0 Å². The minimum absolute atomic E-state index is 0.263. The van der Waals surface area contributed by atoms with E-state index in [0.717, 1.165) is 31.5 Å². The van der Waals surface area contributed by atoms with E-state index >= 15 is 0 Å². The maximum atomic E-state index is 5.78. The van der Waals surface area contributed by atoms with E-state index in [2.05, 4.69) is 20.8 Å². The number of ether oxygens (including phenoxy) is 2. The molecule has 0 bridgehead atoms. The molecule has 2 rings (SSSR count). The highest BCUT2D eigenvalue weighted by molar-refractivity contribution is 5.04. The van der Waals surface area contributed by atoms with Crippen LogP contribution >= 0.6 is 0 Å². The molecule has 0 N–H and O–H groups in total. The Morgan fingerprint density at radius 3 is 2.88 bits per heavy atom. The zero-order valence-corrected chi connectivity index (χ0v) is 11.0. The van der Waals surface area contributed by atoms with Crippen LogP contribution in [-0.2, 0) is 9.47 Å². The molecule has 1 heterocycles. The van der Waals surface area contributed by atoms with Crippen LogP contribution < -0.4 is 0 Å². The maximum Gasteiger partial charge on any atom is 0.0920 e. The fourth-order valence-electron chi connectivity index (χ4n) is 3.07. The Morgan fingerprint density at radius 1 is 1.44 bits per heavy atom. The Hall–Kier alpha value is -0.0800. The molecule has 16 heavy (non-hydrogen) atoms. The van der Waals surface area contributed by atoms with Gasteiger partial charge in [0.15, 0.2) is 0 Å². The van der Waals surface area contributed by atoms with E-state index in [9.17, 15) is 0 Å². The summed E-state index contributed by atoms with van der Waals surface area (Å²) in [6.07, 6.45) is 6.80. The average molecular weight is 226 g/mol. The van der Waals surface area contributed by atoms with E-state index in [1.165, 1.54) is 25.7 Å². The number of hydrogen-bond acceptors (Lipinski definition) is 2. The zero-order valence-electron chi connectivity index (χ0n) is 11.0. The Labute approximate surface area is 99.7 Å². The van der Waals surface area contributed by atoms with E-state index < -0.39 is 0 Å². The molecule has 0 aromatic carbocycles. The molecule has 2 aliphatic rings. The van der Waals surface area contributed by atoms with Crippen molar-refractivity contribution < 1.29 is 9.47 Å². The lowest BCUT2D eigenvalue weighted by atomic mass is 9.76. The molecule has 94 valence electrons. The van der Waals surface area contributed by atoms with Crippen LogP contribution in [0.1, 0.15) is 52.9 Å². The minimum atomic E-state index is 0.263. The second-order valence-corrected chi connectivity index (χ2v) is 5.70. The fraction of sp³-hybridized carbons (Fsp3) is 1.00. The van der Waals surface area contributed by atoms with Gasteiger partial charge in [-0.25, -0.2) is 0 Å². The molecule has 4 atom stereocenters. The topological polar surface area (TPSA) is 21.8 Å². The lowest BCUT2D eigenvalue weighted by Crippen LogP contribution is -2.28. The van der Waals surface area contributed by atoms with E-state index in [1.54, 1.807) is 0 Å². The largest absolute Gasteiger partial charge is 0.381 e. The third-order valence-electron chi connectivity index (χ3n) is 4.44. The minimum Gasteiger partial charge on any atom is -0.381 e. The summed E-state index contributed by atoms with van der Waals surface area (Å²) in [6, 6.07) is 0. The summed E-state index contributed by atoms with van der Waals surface area (Å²) in [7, 11) is 0. The predicted octanol–water partition coefficient (Wildman–Crippen LogP) is 3.40. The molecule has 0 amide bonds. The number of fused-ring (bicyclic) bond motifs is 1. The molecular formula is C14H26O2. The second kappa shape index (κ2) is 5.05. The highest BCUT2D eigenvalue weighted by Gasteiger charge is 2.55. The van der Waals surface area contributed by atoms with E-state index in [0.29, 0.717) is 6.10 Å². The zero-order chi connectivity index (χ0) is 11.6. The highest BCUT2D eigenvalue weighted by Crippen LogP contribution is 2.51. The van der Waals surface area contributed by atoms with E-state index in [4.69, 9.17) is 9.47 Å². The Balaban J connectivity index is 1.76. The molecular weight excluding hydrogens is 200 g/mol. The Bertz CT molecular complexity index is 229. The van der Waals surface area contributed by atoms with Crippen molar-refractivity contribution in [1.29, 1.82) is 0 Å². The van der Waals surface area contributed by atoms with Crippen LogP contribution in [0.4, 0.5) is 0 Å². The van der Waals surface area contributed by atoms with Gasteiger partial charge in [-0.2, -0.15) is 0 Å². The highest BCUT2D eigenvalue weighted by atomic mass is 16.6. The Kier molecular flexibility index (Phi) is 3.91. The summed E-state index contributed by atoms with van der Waals surface area (Å²) in [4.78, 5) is 0. The van der Waals surface area contributed by atoms with Gasteiger partial charge in [-0.05, 0) is 44.4 Å². The number of epoxide rings is 1. The first-order valence-corrected chi connectivity index (χ1v) is 6.95. The molecule has 0 radical (unpaired) electrons. The van der Waals surface area contributed by atoms with Gasteiger partial charge in [0.1, 0.15) is 0 Å². The van der Waals surface area contributed by atoms with E-state index in [-0.39, 0.29) is 5.60 Å². The van der Waals surface area contributed by atoms with Crippen LogP contribution in [0.2, 0.25) is 0 Å². The first-order chi connectivity index (χ1) is 7.69. The lowest BCUT2D eigenvalue weighted by Gasteiger charge is -2.29. The van der Waals surface area contributed by atoms with Gasteiger partial charge in [0, 0.05) is 13.2 Å². The molecule has 2 fully saturated rings. The van der Waals surface area contributed by atoms with Gasteiger partial charge >= 0.3 is 0 Å². The lowest BCUT2D eigenvalue weighted by molar-refractivity contribution is 0.0659. The van der Waals surface area contributed by atoms with Crippen LogP contribution in [0.25, 0.3) is 0 Å². The third-order valence-corrected chi connectivity index (χ3v) is 4.44. The molecule has 2 nitrogen and oxygen atoms in total. The summed E-state index contributed by atoms with van der Waals surface area (Å²) in [5.41, 5.74) is 0.263. The van der Waals surface area contributed by atoms with Crippen molar-refractivity contribution in [2.75, 3.05) is 13.2 Å². The SMILES string of the molecule is CCCOCC(CC)C1CCC2(C)OC2C1.